The van der Waals surface area contributed by atoms with E-state index in [9.17, 15) is 5.11 Å². The molecule has 0 heterocycles. The summed E-state index contributed by atoms with van der Waals surface area (Å²) in [7, 11) is 0. The number of fused-ring (bicyclic) bond motifs is 3. The van der Waals surface area contributed by atoms with Crippen LogP contribution in [-0.4, -0.2) is 42.2 Å². The number of aliphatic hydroxyl groups is 1. The van der Waals surface area contributed by atoms with Crippen molar-refractivity contribution in [3.8, 4) is 0 Å². The molecule has 0 amide bonds. The van der Waals surface area contributed by atoms with Gasteiger partial charge in [-0.05, 0) is 95.9 Å². The van der Waals surface area contributed by atoms with Crippen molar-refractivity contribution in [3.63, 3.8) is 0 Å². The lowest BCUT2D eigenvalue weighted by atomic mass is 9.94. The number of thioether (sulfide) groups is 2. The minimum absolute atomic E-state index is 0. The second-order valence-electron chi connectivity index (χ2n) is 7.99. The lowest BCUT2D eigenvalue weighted by Gasteiger charge is -2.26. The highest BCUT2D eigenvalue weighted by atomic mass is 35.5. The zero-order chi connectivity index (χ0) is 21.5. The molecule has 170 valence electrons. The van der Waals surface area contributed by atoms with Gasteiger partial charge in [0.1, 0.15) is 0 Å². The number of hydrogen-bond donors (Lipinski definition) is 1. The average molecular weight is 478 g/mol. The summed E-state index contributed by atoms with van der Waals surface area (Å²) >= 11 is 3.53. The van der Waals surface area contributed by atoms with E-state index in [1.165, 1.54) is 57.0 Å². The Labute approximate surface area is 202 Å². The highest BCUT2D eigenvalue weighted by molar-refractivity contribution is 7.98. The molecule has 0 spiro atoms. The van der Waals surface area contributed by atoms with Crippen molar-refractivity contribution < 1.29 is 5.11 Å². The molecule has 3 rings (SSSR count). The summed E-state index contributed by atoms with van der Waals surface area (Å²) in [6, 6.07) is 15.6. The van der Waals surface area contributed by atoms with Gasteiger partial charge in [0.25, 0.3) is 0 Å². The van der Waals surface area contributed by atoms with E-state index in [2.05, 4.69) is 73.7 Å². The maximum Gasteiger partial charge on any atom is 0.0923 e. The van der Waals surface area contributed by atoms with Gasteiger partial charge in [-0.25, -0.2) is 0 Å². The number of hydrogen-bond acceptors (Lipinski definition) is 4. The fourth-order valence-corrected chi connectivity index (χ4v) is 4.97. The van der Waals surface area contributed by atoms with E-state index in [0.717, 1.165) is 18.7 Å². The SMILES string of the molecule is CCCCN(CCCC)CC(O)c1cc2cc(SC)ccc2c2cc(SC)ccc12.Cl. The van der Waals surface area contributed by atoms with E-state index in [4.69, 9.17) is 0 Å². The smallest absolute Gasteiger partial charge is 0.0923 e. The number of aliphatic hydroxyl groups excluding tert-OH is 1. The molecule has 0 aliphatic rings. The Hall–Kier alpha value is -0.910. The quantitative estimate of drug-likeness (QED) is 0.225. The van der Waals surface area contributed by atoms with Crippen LogP contribution in [0.25, 0.3) is 21.5 Å². The van der Waals surface area contributed by atoms with Crippen molar-refractivity contribution in [2.24, 2.45) is 0 Å². The molecule has 0 aliphatic heterocycles. The molecule has 0 saturated carbocycles. The van der Waals surface area contributed by atoms with Crippen LogP contribution in [0.5, 0.6) is 0 Å². The molecule has 3 aromatic rings. The third kappa shape index (κ3) is 6.55. The Morgan fingerprint density at radius 3 is 1.97 bits per heavy atom. The van der Waals surface area contributed by atoms with Gasteiger partial charge in [-0.15, -0.1) is 35.9 Å². The molecular weight excluding hydrogens is 442 g/mol. The van der Waals surface area contributed by atoms with E-state index in [-0.39, 0.29) is 12.4 Å². The zero-order valence-electron chi connectivity index (χ0n) is 19.2. The molecular formula is C26H36ClNOS2. The van der Waals surface area contributed by atoms with Crippen molar-refractivity contribution in [1.29, 1.82) is 0 Å². The van der Waals surface area contributed by atoms with Crippen molar-refractivity contribution in [2.75, 3.05) is 32.1 Å². The molecule has 2 nitrogen and oxygen atoms in total. The molecule has 1 unspecified atom stereocenters. The summed E-state index contributed by atoms with van der Waals surface area (Å²) in [4.78, 5) is 4.97. The van der Waals surface area contributed by atoms with Crippen LogP contribution in [0.15, 0.2) is 52.3 Å². The predicted octanol–water partition coefficient (Wildman–Crippen LogP) is 7.79. The topological polar surface area (TPSA) is 23.5 Å². The molecule has 1 N–H and O–H groups in total. The van der Waals surface area contributed by atoms with Gasteiger partial charge in [0, 0.05) is 16.3 Å². The van der Waals surface area contributed by atoms with Gasteiger partial charge in [-0.1, -0.05) is 38.8 Å². The number of unbranched alkanes of at least 4 members (excludes halogenated alkanes) is 2. The molecule has 0 aliphatic carbocycles. The minimum atomic E-state index is -0.483. The number of rotatable bonds is 11. The van der Waals surface area contributed by atoms with Crippen LogP contribution in [-0.2, 0) is 0 Å². The lowest BCUT2D eigenvalue weighted by molar-refractivity contribution is 0.112. The lowest BCUT2D eigenvalue weighted by Crippen LogP contribution is -2.30. The molecule has 31 heavy (non-hydrogen) atoms. The minimum Gasteiger partial charge on any atom is -0.387 e. The van der Waals surface area contributed by atoms with Crippen LogP contribution in [0.4, 0.5) is 0 Å². The Morgan fingerprint density at radius 2 is 1.39 bits per heavy atom. The highest BCUT2D eigenvalue weighted by Gasteiger charge is 2.18. The van der Waals surface area contributed by atoms with E-state index < -0.39 is 6.10 Å². The van der Waals surface area contributed by atoms with Gasteiger partial charge in [0.2, 0.25) is 0 Å². The third-order valence-electron chi connectivity index (χ3n) is 5.84. The van der Waals surface area contributed by atoms with Gasteiger partial charge in [-0.2, -0.15) is 0 Å². The molecule has 0 fully saturated rings. The van der Waals surface area contributed by atoms with Crippen LogP contribution in [0.1, 0.15) is 51.2 Å². The largest absolute Gasteiger partial charge is 0.387 e. The molecule has 0 aromatic heterocycles. The second kappa shape index (κ2) is 13.0. The first-order valence-electron chi connectivity index (χ1n) is 11.1. The summed E-state index contributed by atoms with van der Waals surface area (Å²) in [5.41, 5.74) is 1.06. The van der Waals surface area contributed by atoms with E-state index >= 15 is 0 Å². The average Bonchev–Trinajstić information content (AvgIpc) is 2.79. The van der Waals surface area contributed by atoms with E-state index in [1.54, 1.807) is 23.5 Å². The zero-order valence-corrected chi connectivity index (χ0v) is 21.6. The monoisotopic (exact) mass is 477 g/mol. The van der Waals surface area contributed by atoms with Gasteiger partial charge >= 0.3 is 0 Å². The molecule has 0 radical (unpaired) electrons. The Morgan fingerprint density at radius 1 is 0.806 bits per heavy atom. The first-order valence-corrected chi connectivity index (χ1v) is 13.5. The van der Waals surface area contributed by atoms with E-state index in [1.807, 2.05) is 0 Å². The summed E-state index contributed by atoms with van der Waals surface area (Å²) in [6.45, 7) is 7.29. The van der Waals surface area contributed by atoms with Gasteiger partial charge < -0.3 is 10.0 Å². The summed E-state index contributed by atoms with van der Waals surface area (Å²) in [6.07, 6.45) is 8.49. The van der Waals surface area contributed by atoms with Crippen molar-refractivity contribution in [1.82, 2.24) is 4.90 Å². The first kappa shape index (κ1) is 26.3. The second-order valence-corrected chi connectivity index (χ2v) is 9.75. The van der Waals surface area contributed by atoms with E-state index in [0.29, 0.717) is 6.54 Å². The Kier molecular flexibility index (Phi) is 11.0. The van der Waals surface area contributed by atoms with Crippen LogP contribution in [0.2, 0.25) is 0 Å². The first-order chi connectivity index (χ1) is 14.6. The van der Waals surface area contributed by atoms with Crippen LogP contribution >= 0.6 is 35.9 Å². The van der Waals surface area contributed by atoms with Gasteiger partial charge in [0.15, 0.2) is 0 Å². The van der Waals surface area contributed by atoms with Gasteiger partial charge in [-0.3, -0.25) is 0 Å². The maximum absolute atomic E-state index is 11.3. The maximum atomic E-state index is 11.3. The standard InChI is InChI=1S/C26H35NOS2.ClH/c1-5-7-13-27(14-8-6-2)18-26(28)25-16-19-15-20(29-3)9-11-22(19)24-17-21(30-4)10-12-23(24)25;/h9-12,15-17,26,28H,5-8,13-14,18H2,1-4H3;1H. The Balaban J connectivity index is 0.00000341. The van der Waals surface area contributed by atoms with Crippen LogP contribution < -0.4 is 0 Å². The summed E-state index contributed by atoms with van der Waals surface area (Å²) < 4.78 is 0. The fraction of sp³-hybridized carbons (Fsp3) is 0.462. The molecule has 0 bridgehead atoms. The van der Waals surface area contributed by atoms with Crippen molar-refractivity contribution in [3.05, 3.63) is 48.0 Å². The summed E-state index contributed by atoms with van der Waals surface area (Å²) in [5.74, 6) is 0. The van der Waals surface area contributed by atoms with Crippen molar-refractivity contribution in [2.45, 2.75) is 55.4 Å². The third-order valence-corrected chi connectivity index (χ3v) is 7.29. The molecule has 3 aromatic carbocycles. The van der Waals surface area contributed by atoms with Crippen LogP contribution in [0.3, 0.4) is 0 Å². The number of nitrogens with zero attached hydrogens (tertiary/aromatic N) is 1. The molecule has 5 heteroatoms. The molecule has 1 atom stereocenters. The highest BCUT2D eigenvalue weighted by Crippen LogP contribution is 2.36. The van der Waals surface area contributed by atoms with Gasteiger partial charge in [0.05, 0.1) is 6.10 Å². The normalized spacial score (nSPS) is 12.5. The predicted molar refractivity (Wildman–Crippen MR) is 143 cm³/mol. The Bertz CT molecular complexity index is 970. The molecule has 0 saturated heterocycles. The summed E-state index contributed by atoms with van der Waals surface area (Å²) in [5, 5.41) is 16.3. The van der Waals surface area contributed by atoms with Crippen molar-refractivity contribution >= 4 is 57.5 Å². The number of benzene rings is 3. The van der Waals surface area contributed by atoms with Crippen LogP contribution in [0, 0.1) is 0 Å². The number of halogens is 1. The fourth-order valence-electron chi connectivity index (χ4n) is 4.08.